The van der Waals surface area contributed by atoms with E-state index in [9.17, 15) is 0 Å². The molecular weight excluding hydrogens is 643 g/mol. The Morgan fingerprint density at radius 1 is 0.373 bits per heavy atom. The lowest BCUT2D eigenvalue weighted by Crippen LogP contribution is -2.07. The molecule has 0 N–H and O–H groups in total. The van der Waals surface area contributed by atoms with E-state index < -0.39 is 0 Å². The maximum absolute atomic E-state index is 5.24. The zero-order valence-corrected chi connectivity index (χ0v) is 28.0. The monoisotopic (exact) mass is 669 g/mol. The molecule has 11 aromatic rings. The molecule has 0 radical (unpaired) electrons. The number of hydrogen-bond donors (Lipinski definition) is 0. The Labute approximate surface area is 296 Å². The highest BCUT2D eigenvalue weighted by molar-refractivity contribution is 7.25. The van der Waals surface area contributed by atoms with E-state index in [1.807, 2.05) is 47.7 Å². The molecule has 0 atom stereocenters. The smallest absolute Gasteiger partial charge is 0.238 e. The van der Waals surface area contributed by atoms with Crippen molar-refractivity contribution in [1.29, 1.82) is 0 Å². The van der Waals surface area contributed by atoms with E-state index in [1.165, 1.54) is 30.9 Å². The number of fused-ring (bicyclic) bond motifs is 10. The molecule has 4 aromatic heterocycles. The van der Waals surface area contributed by atoms with Crippen LogP contribution in [0, 0.1) is 0 Å². The van der Waals surface area contributed by atoms with Crippen molar-refractivity contribution in [2.45, 2.75) is 0 Å². The van der Waals surface area contributed by atoms with Crippen molar-refractivity contribution in [3.63, 3.8) is 0 Å². The van der Waals surface area contributed by atoms with Crippen LogP contribution in [-0.4, -0.2) is 24.1 Å². The fourth-order valence-electron chi connectivity index (χ4n) is 7.73. The lowest BCUT2D eigenvalue weighted by atomic mass is 10.1. The molecule has 0 aliphatic rings. The zero-order valence-electron chi connectivity index (χ0n) is 27.2. The molecule has 0 amide bonds. The molecule has 238 valence electrons. The van der Waals surface area contributed by atoms with Crippen molar-refractivity contribution in [3.05, 3.63) is 164 Å². The summed E-state index contributed by atoms with van der Waals surface area (Å²) >= 11 is 1.84. The first-order valence-electron chi connectivity index (χ1n) is 17.0. The van der Waals surface area contributed by atoms with Crippen molar-refractivity contribution in [3.8, 4) is 34.4 Å². The quantitative estimate of drug-likeness (QED) is 0.187. The topological polar surface area (TPSA) is 48.5 Å². The van der Waals surface area contributed by atoms with Crippen molar-refractivity contribution < 1.29 is 0 Å². The SMILES string of the molecule is c1ccc(-c2nc(-c3ccccc3)nc(-n3c4ccccc4c4ccc5c6ccccc6n(-c6ccc7sc8ccccc8c7c6)c5c43)n2)cc1. The Morgan fingerprint density at radius 2 is 0.882 bits per heavy atom. The minimum Gasteiger partial charge on any atom is -0.307 e. The summed E-state index contributed by atoms with van der Waals surface area (Å²) in [6.07, 6.45) is 0. The largest absolute Gasteiger partial charge is 0.307 e. The summed E-state index contributed by atoms with van der Waals surface area (Å²) in [4.78, 5) is 15.5. The van der Waals surface area contributed by atoms with E-state index >= 15 is 0 Å². The number of nitrogens with zero attached hydrogens (tertiary/aromatic N) is 5. The Kier molecular flexibility index (Phi) is 6.05. The number of hydrogen-bond acceptors (Lipinski definition) is 4. The van der Waals surface area contributed by atoms with Gasteiger partial charge in [-0.05, 0) is 36.4 Å². The second kappa shape index (κ2) is 10.9. The van der Waals surface area contributed by atoms with Crippen molar-refractivity contribution >= 4 is 75.1 Å². The normalized spacial score (nSPS) is 11.9. The highest BCUT2D eigenvalue weighted by Crippen LogP contribution is 2.43. The van der Waals surface area contributed by atoms with Crippen molar-refractivity contribution in [2.75, 3.05) is 0 Å². The van der Waals surface area contributed by atoms with Gasteiger partial charge in [0.2, 0.25) is 5.95 Å². The Hall–Kier alpha value is -6.63. The van der Waals surface area contributed by atoms with Gasteiger partial charge in [-0.1, -0.05) is 127 Å². The molecule has 0 aliphatic heterocycles. The Bertz CT molecular complexity index is 3080. The van der Waals surface area contributed by atoms with Crippen LogP contribution in [-0.2, 0) is 0 Å². The van der Waals surface area contributed by atoms with E-state index in [0.29, 0.717) is 17.6 Å². The first kappa shape index (κ1) is 28.2. The molecule has 7 aromatic carbocycles. The van der Waals surface area contributed by atoms with Gasteiger partial charge in [0.1, 0.15) is 0 Å². The fraction of sp³-hybridized carbons (Fsp3) is 0. The average molecular weight is 670 g/mol. The van der Waals surface area contributed by atoms with Gasteiger partial charge in [0, 0.05) is 58.5 Å². The minimum atomic E-state index is 0.581. The molecule has 0 unspecified atom stereocenters. The Balaban J connectivity index is 1.30. The van der Waals surface area contributed by atoms with Crippen LogP contribution in [0.2, 0.25) is 0 Å². The van der Waals surface area contributed by atoms with E-state index in [2.05, 4.69) is 137 Å². The van der Waals surface area contributed by atoms with Crippen LogP contribution in [0.1, 0.15) is 0 Å². The lowest BCUT2D eigenvalue weighted by molar-refractivity contribution is 0.953. The molecule has 4 heterocycles. The number of rotatable bonds is 4. The van der Waals surface area contributed by atoms with E-state index in [0.717, 1.165) is 49.7 Å². The van der Waals surface area contributed by atoms with Crippen LogP contribution in [0.5, 0.6) is 0 Å². The second-order valence-corrected chi connectivity index (χ2v) is 13.9. The maximum Gasteiger partial charge on any atom is 0.238 e. The fourth-order valence-corrected chi connectivity index (χ4v) is 8.81. The highest BCUT2D eigenvalue weighted by Gasteiger charge is 2.23. The number of aromatic nitrogens is 5. The van der Waals surface area contributed by atoms with Gasteiger partial charge in [0.05, 0.1) is 22.1 Å². The summed E-state index contributed by atoms with van der Waals surface area (Å²) < 4.78 is 7.27. The Morgan fingerprint density at radius 3 is 1.53 bits per heavy atom. The van der Waals surface area contributed by atoms with Gasteiger partial charge in [0.25, 0.3) is 0 Å². The summed E-state index contributed by atoms with van der Waals surface area (Å²) in [6, 6.07) is 57.8. The average Bonchev–Trinajstić information content (AvgIpc) is 3.86. The summed E-state index contributed by atoms with van der Waals surface area (Å²) in [5.41, 5.74) is 7.37. The van der Waals surface area contributed by atoms with Crippen LogP contribution < -0.4 is 0 Å². The number of thiophene rings is 1. The summed E-state index contributed by atoms with van der Waals surface area (Å²) in [5, 5.41) is 7.22. The molecular formula is C45H27N5S. The standard InChI is InChI=1S/C45H27N5S/c1-3-13-28(14-4-1)43-46-44(29-15-5-2-6-16-29)48-45(47-43)50-38-21-11-8-18-32(38)35-25-24-34-31-17-7-10-20-37(31)49(41(34)42(35)50)30-23-26-40-36(27-30)33-19-9-12-22-39(33)51-40/h1-27H. The first-order chi connectivity index (χ1) is 25.3. The van der Waals surface area contributed by atoms with Gasteiger partial charge < -0.3 is 4.57 Å². The van der Waals surface area contributed by atoms with Gasteiger partial charge in [-0.2, -0.15) is 9.97 Å². The number of para-hydroxylation sites is 2. The van der Waals surface area contributed by atoms with Gasteiger partial charge in [-0.25, -0.2) is 4.98 Å². The van der Waals surface area contributed by atoms with E-state index in [-0.39, 0.29) is 0 Å². The number of benzene rings is 7. The molecule has 0 bridgehead atoms. The van der Waals surface area contributed by atoms with Crippen molar-refractivity contribution in [2.24, 2.45) is 0 Å². The third-order valence-electron chi connectivity index (χ3n) is 9.97. The summed E-state index contributed by atoms with van der Waals surface area (Å²) in [7, 11) is 0. The van der Waals surface area contributed by atoms with E-state index in [4.69, 9.17) is 15.0 Å². The second-order valence-electron chi connectivity index (χ2n) is 12.9. The van der Waals surface area contributed by atoms with Crippen LogP contribution >= 0.6 is 11.3 Å². The molecule has 5 nitrogen and oxygen atoms in total. The van der Waals surface area contributed by atoms with Crippen LogP contribution in [0.15, 0.2) is 164 Å². The third-order valence-corrected chi connectivity index (χ3v) is 11.1. The molecule has 51 heavy (non-hydrogen) atoms. The minimum absolute atomic E-state index is 0.581. The van der Waals surface area contributed by atoms with Gasteiger partial charge in [-0.15, -0.1) is 11.3 Å². The zero-order chi connectivity index (χ0) is 33.5. The third kappa shape index (κ3) is 4.24. The van der Waals surface area contributed by atoms with Crippen molar-refractivity contribution in [1.82, 2.24) is 24.1 Å². The predicted octanol–water partition coefficient (Wildman–Crippen LogP) is 11.8. The van der Waals surface area contributed by atoms with Crippen LogP contribution in [0.4, 0.5) is 0 Å². The molecule has 0 saturated carbocycles. The molecule has 0 aliphatic carbocycles. The molecule has 6 heteroatoms. The van der Waals surface area contributed by atoms with Crippen LogP contribution in [0.25, 0.3) is 98.2 Å². The van der Waals surface area contributed by atoms with Gasteiger partial charge in [-0.3, -0.25) is 4.57 Å². The van der Waals surface area contributed by atoms with Crippen LogP contribution in [0.3, 0.4) is 0 Å². The summed E-state index contributed by atoms with van der Waals surface area (Å²) in [6.45, 7) is 0. The summed E-state index contributed by atoms with van der Waals surface area (Å²) in [5.74, 6) is 1.85. The lowest BCUT2D eigenvalue weighted by Gasteiger charge is -2.13. The molecule has 0 spiro atoms. The molecule has 11 rings (SSSR count). The molecule has 0 fully saturated rings. The highest BCUT2D eigenvalue weighted by atomic mass is 32.1. The van der Waals surface area contributed by atoms with Gasteiger partial charge in [0.15, 0.2) is 11.6 Å². The van der Waals surface area contributed by atoms with E-state index in [1.54, 1.807) is 0 Å². The molecule has 0 saturated heterocycles. The van der Waals surface area contributed by atoms with Gasteiger partial charge >= 0.3 is 0 Å². The predicted molar refractivity (Wildman–Crippen MR) is 212 cm³/mol. The first-order valence-corrected chi connectivity index (χ1v) is 17.9. The maximum atomic E-state index is 5.24.